The van der Waals surface area contributed by atoms with E-state index in [4.69, 9.17) is 11.0 Å². The fourth-order valence-electron chi connectivity index (χ4n) is 2.18. The molecular formula is C14H18N4O. The zero-order valence-electron chi connectivity index (χ0n) is 10.8. The fraction of sp³-hybridized carbons (Fsp3) is 0.429. The Morgan fingerprint density at radius 2 is 2.21 bits per heavy atom. The Labute approximate surface area is 113 Å². The molecule has 5 nitrogen and oxygen atoms in total. The molecule has 1 atom stereocenters. The molecule has 19 heavy (non-hydrogen) atoms. The Morgan fingerprint density at radius 1 is 1.47 bits per heavy atom. The van der Waals surface area contributed by atoms with Crippen LogP contribution in [-0.2, 0) is 4.79 Å². The summed E-state index contributed by atoms with van der Waals surface area (Å²) in [6.45, 7) is 2.60. The predicted octanol–water partition coefficient (Wildman–Crippen LogP) is 0.920. The number of nitrogens with one attached hydrogen (secondary N) is 1. The summed E-state index contributed by atoms with van der Waals surface area (Å²) in [6.07, 6.45) is 1.48. The predicted molar refractivity (Wildman–Crippen MR) is 73.4 cm³/mol. The van der Waals surface area contributed by atoms with Gasteiger partial charge in [-0.2, -0.15) is 5.26 Å². The van der Waals surface area contributed by atoms with Crippen LogP contribution in [0.1, 0.15) is 18.4 Å². The number of hydrogen-bond acceptors (Lipinski definition) is 4. The molecule has 2 rings (SSSR count). The van der Waals surface area contributed by atoms with E-state index in [0.717, 1.165) is 31.7 Å². The van der Waals surface area contributed by atoms with Crippen molar-refractivity contribution in [3.63, 3.8) is 0 Å². The molecule has 0 bridgehead atoms. The van der Waals surface area contributed by atoms with E-state index in [1.54, 1.807) is 24.3 Å². The standard InChI is InChI=1S/C14H18N4O/c15-9-11-1-3-13(4-2-11)17-14(19)6-8-18-7-5-12(16)10-18/h1-4,12H,5-8,10,16H2,(H,17,19)/t12-/m0/s1. The summed E-state index contributed by atoms with van der Waals surface area (Å²) in [5.41, 5.74) is 7.13. The molecule has 1 aliphatic rings. The van der Waals surface area contributed by atoms with Crippen LogP contribution in [-0.4, -0.2) is 36.5 Å². The molecule has 0 aromatic heterocycles. The molecule has 0 saturated carbocycles. The molecule has 0 unspecified atom stereocenters. The van der Waals surface area contributed by atoms with Gasteiger partial charge in [-0.3, -0.25) is 4.79 Å². The minimum atomic E-state index is -0.00909. The molecule has 1 heterocycles. The van der Waals surface area contributed by atoms with Crippen LogP contribution in [0.2, 0.25) is 0 Å². The topological polar surface area (TPSA) is 82.2 Å². The molecule has 1 aliphatic heterocycles. The van der Waals surface area contributed by atoms with E-state index in [-0.39, 0.29) is 11.9 Å². The van der Waals surface area contributed by atoms with Gasteiger partial charge in [0.25, 0.3) is 0 Å². The maximum absolute atomic E-state index is 11.8. The van der Waals surface area contributed by atoms with Gasteiger partial charge in [0.1, 0.15) is 0 Å². The summed E-state index contributed by atoms with van der Waals surface area (Å²) in [5.74, 6) is -0.00909. The van der Waals surface area contributed by atoms with Gasteiger partial charge in [0.2, 0.25) is 5.91 Å². The SMILES string of the molecule is N#Cc1ccc(NC(=O)CCN2CC[C@H](N)C2)cc1. The highest BCUT2D eigenvalue weighted by molar-refractivity contribution is 5.90. The average molecular weight is 258 g/mol. The van der Waals surface area contributed by atoms with Gasteiger partial charge in [-0.15, -0.1) is 0 Å². The Morgan fingerprint density at radius 3 is 2.79 bits per heavy atom. The molecule has 1 aromatic rings. The summed E-state index contributed by atoms with van der Waals surface area (Å²) >= 11 is 0. The van der Waals surface area contributed by atoms with Gasteiger partial charge in [-0.25, -0.2) is 0 Å². The van der Waals surface area contributed by atoms with E-state index >= 15 is 0 Å². The van der Waals surface area contributed by atoms with Crippen molar-refractivity contribution in [1.82, 2.24) is 4.90 Å². The quantitative estimate of drug-likeness (QED) is 0.841. The van der Waals surface area contributed by atoms with Crippen molar-refractivity contribution in [1.29, 1.82) is 5.26 Å². The smallest absolute Gasteiger partial charge is 0.225 e. The van der Waals surface area contributed by atoms with Crippen molar-refractivity contribution in [2.75, 3.05) is 25.0 Å². The summed E-state index contributed by atoms with van der Waals surface area (Å²) in [4.78, 5) is 14.0. The average Bonchev–Trinajstić information content (AvgIpc) is 2.83. The number of carbonyl (C=O) groups excluding carboxylic acids is 1. The Balaban J connectivity index is 1.76. The van der Waals surface area contributed by atoms with Gasteiger partial charge in [0.05, 0.1) is 11.6 Å². The molecule has 0 radical (unpaired) electrons. The van der Waals surface area contributed by atoms with Crippen molar-refractivity contribution in [2.24, 2.45) is 5.73 Å². The molecule has 3 N–H and O–H groups in total. The highest BCUT2D eigenvalue weighted by atomic mass is 16.1. The van der Waals surface area contributed by atoms with Gasteiger partial charge < -0.3 is 16.0 Å². The molecule has 0 spiro atoms. The molecule has 1 amide bonds. The zero-order valence-corrected chi connectivity index (χ0v) is 10.8. The Bertz CT molecular complexity index is 477. The van der Waals surface area contributed by atoms with Crippen molar-refractivity contribution < 1.29 is 4.79 Å². The minimum absolute atomic E-state index is 0.00909. The van der Waals surface area contributed by atoms with E-state index in [1.807, 2.05) is 6.07 Å². The molecule has 100 valence electrons. The van der Waals surface area contributed by atoms with Crippen LogP contribution in [0.4, 0.5) is 5.69 Å². The third-order valence-electron chi connectivity index (χ3n) is 3.26. The number of rotatable bonds is 4. The Hall–Kier alpha value is -1.90. The number of hydrogen-bond donors (Lipinski definition) is 2. The molecule has 1 saturated heterocycles. The van der Waals surface area contributed by atoms with E-state index in [9.17, 15) is 4.79 Å². The van der Waals surface area contributed by atoms with Gasteiger partial charge in [0, 0.05) is 31.2 Å². The lowest BCUT2D eigenvalue weighted by atomic mass is 10.2. The number of carbonyl (C=O) groups is 1. The largest absolute Gasteiger partial charge is 0.326 e. The highest BCUT2D eigenvalue weighted by Gasteiger charge is 2.19. The summed E-state index contributed by atoms with van der Waals surface area (Å²) < 4.78 is 0. The normalized spacial score (nSPS) is 19.1. The first-order valence-electron chi connectivity index (χ1n) is 6.45. The monoisotopic (exact) mass is 258 g/mol. The van der Waals surface area contributed by atoms with E-state index in [1.165, 1.54) is 0 Å². The molecule has 5 heteroatoms. The highest BCUT2D eigenvalue weighted by Crippen LogP contribution is 2.10. The van der Waals surface area contributed by atoms with Crippen LogP contribution >= 0.6 is 0 Å². The van der Waals surface area contributed by atoms with E-state index in [2.05, 4.69) is 10.2 Å². The van der Waals surface area contributed by atoms with E-state index in [0.29, 0.717) is 12.0 Å². The van der Waals surface area contributed by atoms with Crippen LogP contribution in [0.25, 0.3) is 0 Å². The second-order valence-corrected chi connectivity index (χ2v) is 4.84. The number of nitrogens with zero attached hydrogens (tertiary/aromatic N) is 2. The summed E-state index contributed by atoms with van der Waals surface area (Å²) in [7, 11) is 0. The first-order chi connectivity index (χ1) is 9.17. The summed E-state index contributed by atoms with van der Waals surface area (Å²) in [5, 5.41) is 11.5. The van der Waals surface area contributed by atoms with Crippen LogP contribution < -0.4 is 11.1 Å². The van der Waals surface area contributed by atoms with Gasteiger partial charge in [-0.05, 0) is 37.2 Å². The van der Waals surface area contributed by atoms with Crippen LogP contribution in [0.3, 0.4) is 0 Å². The maximum Gasteiger partial charge on any atom is 0.225 e. The zero-order chi connectivity index (χ0) is 13.7. The number of benzene rings is 1. The van der Waals surface area contributed by atoms with Crippen molar-refractivity contribution >= 4 is 11.6 Å². The molecule has 0 aliphatic carbocycles. The lowest BCUT2D eigenvalue weighted by molar-refractivity contribution is -0.116. The van der Waals surface area contributed by atoms with Gasteiger partial charge >= 0.3 is 0 Å². The number of nitrogens with two attached hydrogens (primary N) is 1. The maximum atomic E-state index is 11.8. The Kier molecular flexibility index (Phi) is 4.50. The lowest BCUT2D eigenvalue weighted by Gasteiger charge is -2.14. The molecule has 1 fully saturated rings. The fourth-order valence-corrected chi connectivity index (χ4v) is 2.18. The van der Waals surface area contributed by atoms with Gasteiger partial charge in [0.15, 0.2) is 0 Å². The van der Waals surface area contributed by atoms with Gasteiger partial charge in [-0.1, -0.05) is 0 Å². The number of amides is 1. The minimum Gasteiger partial charge on any atom is -0.326 e. The van der Waals surface area contributed by atoms with Crippen molar-refractivity contribution in [3.05, 3.63) is 29.8 Å². The van der Waals surface area contributed by atoms with E-state index < -0.39 is 0 Å². The van der Waals surface area contributed by atoms with Crippen molar-refractivity contribution in [3.8, 4) is 6.07 Å². The first kappa shape index (κ1) is 13.5. The van der Waals surface area contributed by atoms with Crippen molar-refractivity contribution in [2.45, 2.75) is 18.9 Å². The molecular weight excluding hydrogens is 240 g/mol. The lowest BCUT2D eigenvalue weighted by Crippen LogP contribution is -2.29. The number of anilines is 1. The molecule has 1 aromatic carbocycles. The van der Waals surface area contributed by atoms with Crippen LogP contribution in [0.15, 0.2) is 24.3 Å². The second kappa shape index (κ2) is 6.32. The number of nitriles is 1. The number of likely N-dealkylation sites (tertiary alicyclic amines) is 1. The van der Waals surface area contributed by atoms with Crippen LogP contribution in [0.5, 0.6) is 0 Å². The third-order valence-corrected chi connectivity index (χ3v) is 3.26. The second-order valence-electron chi connectivity index (χ2n) is 4.84. The third kappa shape index (κ3) is 4.05. The summed E-state index contributed by atoms with van der Waals surface area (Å²) in [6, 6.07) is 9.15. The van der Waals surface area contributed by atoms with Crippen LogP contribution in [0, 0.1) is 11.3 Å². The first-order valence-corrected chi connectivity index (χ1v) is 6.45.